The molecule has 1 aromatic rings. The Bertz CT molecular complexity index is 590. The van der Waals surface area contributed by atoms with E-state index in [2.05, 4.69) is 6.92 Å². The molecule has 0 spiro atoms. The van der Waals surface area contributed by atoms with Crippen molar-refractivity contribution in [3.8, 4) is 5.75 Å². The van der Waals surface area contributed by atoms with Crippen molar-refractivity contribution in [1.29, 1.82) is 0 Å². The van der Waals surface area contributed by atoms with Gasteiger partial charge in [-0.25, -0.2) is 0 Å². The molecule has 0 aliphatic carbocycles. The lowest BCUT2D eigenvalue weighted by Gasteiger charge is -2.09. The molecule has 0 saturated heterocycles. The number of hydrogen-bond acceptors (Lipinski definition) is 3. The second-order valence-corrected chi connectivity index (χ2v) is 5.87. The van der Waals surface area contributed by atoms with E-state index in [-0.39, 0.29) is 5.97 Å². The summed E-state index contributed by atoms with van der Waals surface area (Å²) in [5.74, 6) is 0.680. The molecule has 0 unspecified atom stereocenters. The maximum Gasteiger partial charge on any atom is 0.306 e. The second kappa shape index (κ2) is 9.41. The fourth-order valence-corrected chi connectivity index (χ4v) is 2.49. The Morgan fingerprint density at radius 1 is 1.30 bits per heavy atom. The summed E-state index contributed by atoms with van der Waals surface area (Å²) in [7, 11) is 0. The summed E-state index contributed by atoms with van der Waals surface area (Å²) < 4.78 is 11.0. The third kappa shape index (κ3) is 5.76. The van der Waals surface area contributed by atoms with Crippen molar-refractivity contribution in [1.82, 2.24) is 0 Å². The summed E-state index contributed by atoms with van der Waals surface area (Å²) in [5, 5.41) is 0. The number of unbranched alkanes of at least 4 members (excludes halogenated alkanes) is 3. The van der Waals surface area contributed by atoms with Crippen molar-refractivity contribution in [3.05, 3.63) is 46.5 Å². The molecule has 1 heterocycles. The van der Waals surface area contributed by atoms with E-state index in [4.69, 9.17) is 21.1 Å². The minimum atomic E-state index is -0.129. The molecule has 0 bridgehead atoms. The molecule has 2 rings (SSSR count). The minimum Gasteiger partial charge on any atom is -0.488 e. The van der Waals surface area contributed by atoms with Gasteiger partial charge in [0.1, 0.15) is 19.0 Å². The van der Waals surface area contributed by atoms with Crippen LogP contribution in [0.2, 0.25) is 0 Å². The summed E-state index contributed by atoms with van der Waals surface area (Å²) in [4.78, 5) is 11.7. The Kier molecular flexibility index (Phi) is 7.21. The van der Waals surface area contributed by atoms with Crippen LogP contribution in [0.1, 0.15) is 50.2 Å². The van der Waals surface area contributed by atoms with E-state index in [0.29, 0.717) is 19.6 Å². The fourth-order valence-electron chi connectivity index (χ4n) is 2.36. The molecule has 23 heavy (non-hydrogen) atoms. The van der Waals surface area contributed by atoms with Gasteiger partial charge in [-0.3, -0.25) is 4.79 Å². The molecule has 0 fully saturated rings. The largest absolute Gasteiger partial charge is 0.488 e. The Labute approximate surface area is 142 Å². The highest BCUT2D eigenvalue weighted by Crippen LogP contribution is 2.26. The molecule has 0 saturated carbocycles. The predicted molar refractivity (Wildman–Crippen MR) is 93.5 cm³/mol. The number of hydrogen-bond donors (Lipinski definition) is 0. The number of carbonyl (C=O) groups excluding carboxylic acids is 1. The zero-order valence-corrected chi connectivity index (χ0v) is 14.3. The van der Waals surface area contributed by atoms with Gasteiger partial charge in [0.25, 0.3) is 0 Å². The van der Waals surface area contributed by atoms with E-state index >= 15 is 0 Å². The Hall–Kier alpha value is -1.74. The first-order valence-corrected chi connectivity index (χ1v) is 8.55. The van der Waals surface area contributed by atoms with E-state index < -0.39 is 0 Å². The molecule has 124 valence electrons. The van der Waals surface area contributed by atoms with E-state index in [9.17, 15) is 4.79 Å². The zero-order valence-electron chi connectivity index (χ0n) is 13.5. The highest BCUT2D eigenvalue weighted by Gasteiger charge is 2.09. The molecular weight excluding hydrogens is 312 g/mol. The lowest BCUT2D eigenvalue weighted by atomic mass is 10.1. The zero-order chi connectivity index (χ0) is 16.5. The maximum atomic E-state index is 11.7. The molecular formula is C19H23ClO3. The molecule has 4 heteroatoms. The first-order chi connectivity index (χ1) is 11.2. The van der Waals surface area contributed by atoms with Crippen LogP contribution in [0.15, 0.2) is 35.4 Å². The lowest BCUT2D eigenvalue weighted by Crippen LogP contribution is -2.04. The van der Waals surface area contributed by atoms with Gasteiger partial charge in [0.15, 0.2) is 0 Å². The van der Waals surface area contributed by atoms with Crippen LogP contribution < -0.4 is 4.74 Å². The van der Waals surface area contributed by atoms with Crippen molar-refractivity contribution in [2.45, 2.75) is 45.6 Å². The van der Waals surface area contributed by atoms with Crippen LogP contribution >= 0.6 is 11.6 Å². The average Bonchev–Trinajstić information content (AvgIpc) is 2.78. The van der Waals surface area contributed by atoms with Crippen LogP contribution in [0, 0.1) is 0 Å². The molecule has 0 N–H and O–H groups in total. The number of esters is 1. The topological polar surface area (TPSA) is 35.5 Å². The van der Waals surface area contributed by atoms with Crippen LogP contribution in [0.3, 0.4) is 0 Å². The number of benzene rings is 1. The van der Waals surface area contributed by atoms with E-state index in [0.717, 1.165) is 35.3 Å². The molecule has 0 radical (unpaired) electrons. The fraction of sp³-hybridized carbons (Fsp3) is 0.421. The van der Waals surface area contributed by atoms with Crippen LogP contribution in [0.25, 0.3) is 6.08 Å². The van der Waals surface area contributed by atoms with E-state index in [1.165, 1.54) is 18.4 Å². The van der Waals surface area contributed by atoms with Crippen LogP contribution in [0.5, 0.6) is 5.75 Å². The molecule has 3 nitrogen and oxygen atoms in total. The first kappa shape index (κ1) is 17.6. The van der Waals surface area contributed by atoms with Gasteiger partial charge in [0.05, 0.1) is 0 Å². The maximum absolute atomic E-state index is 11.7. The highest BCUT2D eigenvalue weighted by atomic mass is 35.5. The second-order valence-electron chi connectivity index (χ2n) is 5.65. The van der Waals surface area contributed by atoms with Gasteiger partial charge in [-0.1, -0.05) is 56.0 Å². The minimum absolute atomic E-state index is 0.129. The van der Waals surface area contributed by atoms with Gasteiger partial charge >= 0.3 is 5.97 Å². The third-order valence-corrected chi connectivity index (χ3v) is 4.00. The molecule has 0 amide bonds. The standard InChI is InChI=1S/C19H23ClO3/c1-2-3-4-5-6-19(21)23-13-15-8-10-18-17(11-15)9-7-16(12-20)14-22-18/h7-12H,2-6,13-14H2,1H3. The molecule has 0 aromatic heterocycles. The van der Waals surface area contributed by atoms with Crippen molar-refractivity contribution in [2.75, 3.05) is 6.61 Å². The van der Waals surface area contributed by atoms with Gasteiger partial charge in [-0.2, -0.15) is 0 Å². The first-order valence-electron chi connectivity index (χ1n) is 8.11. The summed E-state index contributed by atoms with van der Waals surface area (Å²) in [5.41, 5.74) is 4.36. The van der Waals surface area contributed by atoms with Crippen LogP contribution in [-0.4, -0.2) is 12.6 Å². The number of halogens is 1. The van der Waals surface area contributed by atoms with Gasteiger partial charge in [-0.15, -0.1) is 0 Å². The highest BCUT2D eigenvalue weighted by molar-refractivity contribution is 6.25. The van der Waals surface area contributed by atoms with Crippen molar-refractivity contribution in [3.63, 3.8) is 0 Å². The monoisotopic (exact) mass is 334 g/mol. The average molecular weight is 335 g/mol. The predicted octanol–water partition coefficient (Wildman–Crippen LogP) is 5.23. The van der Waals surface area contributed by atoms with Crippen molar-refractivity contribution in [2.24, 2.45) is 0 Å². The Morgan fingerprint density at radius 3 is 2.96 bits per heavy atom. The van der Waals surface area contributed by atoms with Crippen molar-refractivity contribution < 1.29 is 14.3 Å². The lowest BCUT2D eigenvalue weighted by molar-refractivity contribution is -0.145. The smallest absolute Gasteiger partial charge is 0.306 e. The molecule has 1 aromatic carbocycles. The SMILES string of the molecule is CCCCCCC(=O)OCc1ccc2c(c1)C=CC(=CCl)CO2. The number of rotatable bonds is 7. The molecule has 1 aliphatic rings. The third-order valence-electron chi connectivity index (χ3n) is 3.72. The van der Waals surface area contributed by atoms with Gasteiger partial charge in [-0.05, 0) is 24.1 Å². The van der Waals surface area contributed by atoms with Gasteiger partial charge in [0, 0.05) is 23.1 Å². The Balaban J connectivity index is 1.87. The normalized spacial score (nSPS) is 15.0. The van der Waals surface area contributed by atoms with E-state index in [1.54, 1.807) is 0 Å². The summed E-state index contributed by atoms with van der Waals surface area (Å²) in [6.07, 6.45) is 8.72. The quantitative estimate of drug-likeness (QED) is 0.506. The number of carbonyl (C=O) groups is 1. The van der Waals surface area contributed by atoms with E-state index in [1.807, 2.05) is 30.4 Å². The number of ether oxygens (including phenoxy) is 2. The van der Waals surface area contributed by atoms with Crippen LogP contribution in [-0.2, 0) is 16.1 Å². The molecule has 1 aliphatic heterocycles. The van der Waals surface area contributed by atoms with Gasteiger partial charge in [0.2, 0.25) is 0 Å². The number of fused-ring (bicyclic) bond motifs is 1. The summed E-state index contributed by atoms with van der Waals surface area (Å²) in [6, 6.07) is 5.81. The Morgan fingerprint density at radius 2 is 2.17 bits per heavy atom. The van der Waals surface area contributed by atoms with Crippen LogP contribution in [0.4, 0.5) is 0 Å². The van der Waals surface area contributed by atoms with Crippen molar-refractivity contribution >= 4 is 23.6 Å². The van der Waals surface area contributed by atoms with Gasteiger partial charge < -0.3 is 9.47 Å². The summed E-state index contributed by atoms with van der Waals surface area (Å²) in [6.45, 7) is 2.91. The molecule has 0 atom stereocenters. The summed E-state index contributed by atoms with van der Waals surface area (Å²) >= 11 is 5.72.